The molecule has 0 spiro atoms. The highest BCUT2D eigenvalue weighted by Crippen LogP contribution is 2.38. The van der Waals surface area contributed by atoms with Gasteiger partial charge in [-0.05, 0) is 0 Å². The molecule has 1 rings (SSSR count). The van der Waals surface area contributed by atoms with Gasteiger partial charge in [-0.25, -0.2) is 0 Å². The number of hydrogen-bond acceptors (Lipinski definition) is 5. The summed E-state index contributed by atoms with van der Waals surface area (Å²) in [4.78, 5) is 8.81. The molecule has 120 valence electrons. The fourth-order valence-electron chi connectivity index (χ4n) is 1.54. The molecule has 1 saturated heterocycles. The molecule has 1 aliphatic heterocycles. The Hall–Kier alpha value is -0.230. The first-order chi connectivity index (χ1) is 9.62. The maximum atomic E-state index is 10.7. The first-order valence-electron chi connectivity index (χ1n) is 7.37. The minimum absolute atomic E-state index is 0.240. The van der Waals surface area contributed by atoms with Crippen molar-refractivity contribution in [3.63, 3.8) is 0 Å². The second-order valence-electron chi connectivity index (χ2n) is 4.63. The molecular weight excluding hydrogens is 275 g/mol. The third-order valence-electron chi connectivity index (χ3n) is 2.82. The van der Waals surface area contributed by atoms with Crippen LogP contribution in [0.25, 0.3) is 0 Å². The Morgan fingerprint density at radius 1 is 0.950 bits per heavy atom. The molecule has 1 unspecified atom stereocenters. The molecular formula is C13H31N4O2P. The Morgan fingerprint density at radius 2 is 1.25 bits per heavy atom. The Morgan fingerprint density at radius 3 is 1.40 bits per heavy atom. The zero-order valence-electron chi connectivity index (χ0n) is 12.7. The lowest BCUT2D eigenvalue weighted by Crippen LogP contribution is -2.39. The van der Waals surface area contributed by atoms with Crippen molar-refractivity contribution in [3.8, 4) is 0 Å². The molecule has 20 heavy (non-hydrogen) atoms. The summed E-state index contributed by atoms with van der Waals surface area (Å²) in [7, 11) is -2.79. The largest absolute Gasteiger partial charge is 0.344 e. The van der Waals surface area contributed by atoms with Crippen LogP contribution in [0.2, 0.25) is 0 Å². The molecule has 5 N–H and O–H groups in total. The third-order valence-corrected chi connectivity index (χ3v) is 4.64. The van der Waals surface area contributed by atoms with E-state index in [4.69, 9.17) is 4.89 Å². The van der Waals surface area contributed by atoms with E-state index in [0.717, 1.165) is 52.4 Å². The molecule has 0 saturated carbocycles. The second-order valence-corrected chi connectivity index (χ2v) is 7.32. The normalized spacial score (nSPS) is 21.3. The topological polar surface area (TPSA) is 85.4 Å². The number of hydrogen-bond donors (Lipinski definition) is 5. The van der Waals surface area contributed by atoms with E-state index in [1.807, 2.05) is 0 Å². The summed E-state index contributed by atoms with van der Waals surface area (Å²) in [5, 5.41) is 13.4. The smallest absolute Gasteiger partial charge is 0.204 e. The molecule has 0 aromatic heterocycles. The quantitative estimate of drug-likeness (QED) is 0.367. The predicted octanol–water partition coefficient (Wildman–Crippen LogP) is -0.179. The average molecular weight is 306 g/mol. The van der Waals surface area contributed by atoms with Crippen LogP contribution in [0.1, 0.15) is 6.92 Å². The monoisotopic (exact) mass is 306 g/mol. The van der Waals surface area contributed by atoms with Crippen LogP contribution in [0.3, 0.4) is 0 Å². The van der Waals surface area contributed by atoms with Gasteiger partial charge in [-0.15, -0.1) is 6.58 Å². The highest BCUT2D eigenvalue weighted by molar-refractivity contribution is 7.58. The van der Waals surface area contributed by atoms with Crippen molar-refractivity contribution in [2.75, 3.05) is 64.7 Å². The summed E-state index contributed by atoms with van der Waals surface area (Å²) in [6.45, 7) is 13.6. The van der Waals surface area contributed by atoms with Crippen LogP contribution in [0.5, 0.6) is 0 Å². The van der Waals surface area contributed by atoms with Crippen LogP contribution in [0, 0.1) is 0 Å². The van der Waals surface area contributed by atoms with E-state index in [9.17, 15) is 4.57 Å². The van der Waals surface area contributed by atoms with Gasteiger partial charge in [0.15, 0.2) is 0 Å². The van der Waals surface area contributed by atoms with Crippen LogP contribution < -0.4 is 21.3 Å². The molecule has 7 heteroatoms. The maximum Gasteiger partial charge on any atom is 0.204 e. The highest BCUT2D eigenvalue weighted by Gasteiger charge is 2.10. The summed E-state index contributed by atoms with van der Waals surface area (Å²) in [5.74, 6) is 0. The van der Waals surface area contributed by atoms with Crippen molar-refractivity contribution >= 4 is 7.37 Å². The third kappa shape index (κ3) is 14.2. The first kappa shape index (κ1) is 19.8. The van der Waals surface area contributed by atoms with Gasteiger partial charge in [-0.1, -0.05) is 13.0 Å². The lowest BCUT2D eigenvalue weighted by atomic mass is 10.4. The summed E-state index contributed by atoms with van der Waals surface area (Å²) < 4.78 is 10.7. The first-order valence-corrected chi connectivity index (χ1v) is 9.40. The molecule has 1 atom stereocenters. The minimum Gasteiger partial charge on any atom is -0.344 e. The molecule has 1 fully saturated rings. The van der Waals surface area contributed by atoms with Crippen LogP contribution in [-0.4, -0.2) is 69.6 Å². The molecule has 0 aliphatic carbocycles. The molecule has 1 heterocycles. The summed E-state index contributed by atoms with van der Waals surface area (Å²) in [6, 6.07) is 0. The van der Waals surface area contributed by atoms with Gasteiger partial charge in [0.05, 0.1) is 0 Å². The maximum absolute atomic E-state index is 10.7. The Labute approximate surface area is 123 Å². The molecule has 0 radical (unpaired) electrons. The van der Waals surface area contributed by atoms with Crippen molar-refractivity contribution < 1.29 is 9.46 Å². The van der Waals surface area contributed by atoms with Gasteiger partial charge in [-0.3, -0.25) is 4.57 Å². The van der Waals surface area contributed by atoms with Gasteiger partial charge in [0.1, 0.15) is 0 Å². The standard InChI is InChI=1S/C8H20N4.C5H11O2P/c1-2-10-5-6-12-8-7-11-4-3-9-1;1-3-5-8(6,7)4-2/h9-12H,1-8H2;3H,1,4-5H2,2H3,(H,6,7). The van der Waals surface area contributed by atoms with Crippen molar-refractivity contribution in [1.29, 1.82) is 0 Å². The fourth-order valence-corrected chi connectivity index (χ4v) is 2.20. The zero-order valence-corrected chi connectivity index (χ0v) is 13.6. The van der Waals surface area contributed by atoms with Crippen molar-refractivity contribution in [1.82, 2.24) is 21.3 Å². The highest BCUT2D eigenvalue weighted by atomic mass is 31.2. The molecule has 0 bridgehead atoms. The van der Waals surface area contributed by atoms with E-state index >= 15 is 0 Å². The Bertz CT molecular complexity index is 234. The van der Waals surface area contributed by atoms with E-state index in [-0.39, 0.29) is 6.16 Å². The minimum atomic E-state index is -2.79. The summed E-state index contributed by atoms with van der Waals surface area (Å²) in [6.07, 6.45) is 2.06. The van der Waals surface area contributed by atoms with Crippen LogP contribution in [-0.2, 0) is 4.57 Å². The lowest BCUT2D eigenvalue weighted by molar-refractivity contribution is 0.483. The molecule has 0 aromatic rings. The van der Waals surface area contributed by atoms with Gasteiger partial charge in [0, 0.05) is 64.7 Å². The molecule has 0 aromatic carbocycles. The van der Waals surface area contributed by atoms with Crippen molar-refractivity contribution in [3.05, 3.63) is 12.7 Å². The van der Waals surface area contributed by atoms with Gasteiger partial charge in [0.2, 0.25) is 7.37 Å². The van der Waals surface area contributed by atoms with Crippen LogP contribution >= 0.6 is 7.37 Å². The van der Waals surface area contributed by atoms with Gasteiger partial charge < -0.3 is 26.2 Å². The Balaban J connectivity index is 0.000000396. The number of nitrogens with one attached hydrogen (secondary N) is 4. The summed E-state index contributed by atoms with van der Waals surface area (Å²) in [5.41, 5.74) is 0. The van der Waals surface area contributed by atoms with E-state index in [2.05, 4.69) is 27.8 Å². The van der Waals surface area contributed by atoms with E-state index in [1.165, 1.54) is 6.08 Å². The van der Waals surface area contributed by atoms with E-state index in [1.54, 1.807) is 6.92 Å². The zero-order chi connectivity index (χ0) is 15.1. The van der Waals surface area contributed by atoms with Crippen LogP contribution in [0.15, 0.2) is 12.7 Å². The second kappa shape index (κ2) is 13.7. The molecule has 0 amide bonds. The number of allylic oxidation sites excluding steroid dienone is 1. The van der Waals surface area contributed by atoms with E-state index < -0.39 is 7.37 Å². The molecule has 6 nitrogen and oxygen atoms in total. The average Bonchev–Trinajstić information content (AvgIpc) is 2.40. The van der Waals surface area contributed by atoms with Gasteiger partial charge in [0.25, 0.3) is 0 Å². The molecule has 1 aliphatic rings. The van der Waals surface area contributed by atoms with E-state index in [0.29, 0.717) is 6.16 Å². The van der Waals surface area contributed by atoms with Crippen LogP contribution in [0.4, 0.5) is 0 Å². The summed E-state index contributed by atoms with van der Waals surface area (Å²) >= 11 is 0. The van der Waals surface area contributed by atoms with Gasteiger partial charge >= 0.3 is 0 Å². The van der Waals surface area contributed by atoms with Crippen molar-refractivity contribution in [2.45, 2.75) is 6.92 Å². The predicted molar refractivity (Wildman–Crippen MR) is 86.9 cm³/mol. The van der Waals surface area contributed by atoms with Crippen molar-refractivity contribution in [2.24, 2.45) is 0 Å². The Kier molecular flexibility index (Phi) is 13.6. The SMILES string of the molecule is C1CNCCNCCNCCN1.C=CCP(=O)(O)CC. The van der Waals surface area contributed by atoms with Gasteiger partial charge in [-0.2, -0.15) is 0 Å². The fraction of sp³-hybridized carbons (Fsp3) is 0.846. The number of rotatable bonds is 3. The lowest BCUT2D eigenvalue weighted by Gasteiger charge is -2.11.